The van der Waals surface area contributed by atoms with Crippen molar-refractivity contribution in [3.63, 3.8) is 0 Å². The number of aromatic nitrogens is 2. The van der Waals surface area contributed by atoms with Gasteiger partial charge in [-0.3, -0.25) is 9.69 Å². The van der Waals surface area contributed by atoms with Gasteiger partial charge in [-0.05, 0) is 36.4 Å². The zero-order chi connectivity index (χ0) is 22.4. The van der Waals surface area contributed by atoms with Gasteiger partial charge < -0.3 is 9.84 Å². The first-order valence-electron chi connectivity index (χ1n) is 9.48. The molecular formula is C21H20F4N4O2. The van der Waals surface area contributed by atoms with E-state index in [1.165, 1.54) is 24.3 Å². The minimum Gasteiger partial charge on any atom is -0.351 e. The topological polar surface area (TPSA) is 71.3 Å². The fourth-order valence-electron chi connectivity index (χ4n) is 2.80. The summed E-state index contributed by atoms with van der Waals surface area (Å²) in [5.41, 5.74) is 0.148. The lowest BCUT2D eigenvalue weighted by molar-refractivity contribution is -0.137. The predicted octanol–water partition coefficient (Wildman–Crippen LogP) is 4.03. The summed E-state index contributed by atoms with van der Waals surface area (Å²) in [6, 6.07) is 10.5. The van der Waals surface area contributed by atoms with Gasteiger partial charge in [0.15, 0.2) is 0 Å². The van der Waals surface area contributed by atoms with Crippen LogP contribution in [-0.2, 0) is 24.1 Å². The summed E-state index contributed by atoms with van der Waals surface area (Å²) in [5, 5.41) is 6.49. The third-order valence-electron chi connectivity index (χ3n) is 4.49. The largest absolute Gasteiger partial charge is 0.416 e. The molecule has 31 heavy (non-hydrogen) atoms. The lowest BCUT2D eigenvalue weighted by Gasteiger charge is -2.17. The molecule has 3 aromatic rings. The first-order chi connectivity index (χ1) is 14.7. The van der Waals surface area contributed by atoms with Gasteiger partial charge in [-0.2, -0.15) is 18.2 Å². The smallest absolute Gasteiger partial charge is 0.351 e. The van der Waals surface area contributed by atoms with Crippen LogP contribution in [0.15, 0.2) is 53.1 Å². The molecule has 0 unspecified atom stereocenters. The third-order valence-corrected chi connectivity index (χ3v) is 4.49. The van der Waals surface area contributed by atoms with Crippen molar-refractivity contribution < 1.29 is 26.9 Å². The number of amides is 1. The Balaban J connectivity index is 1.58. The molecule has 6 nitrogen and oxygen atoms in total. The molecule has 0 spiro atoms. The summed E-state index contributed by atoms with van der Waals surface area (Å²) >= 11 is 0. The zero-order valence-electron chi connectivity index (χ0n) is 16.6. The van der Waals surface area contributed by atoms with Gasteiger partial charge in [-0.25, -0.2) is 4.39 Å². The van der Waals surface area contributed by atoms with E-state index in [-0.39, 0.29) is 48.6 Å². The molecule has 1 heterocycles. The van der Waals surface area contributed by atoms with Crippen LogP contribution in [-0.4, -0.2) is 34.0 Å². The predicted molar refractivity (Wildman–Crippen MR) is 104 cm³/mol. The van der Waals surface area contributed by atoms with Gasteiger partial charge in [0.05, 0.1) is 18.7 Å². The van der Waals surface area contributed by atoms with Gasteiger partial charge >= 0.3 is 6.18 Å². The fourth-order valence-corrected chi connectivity index (χ4v) is 2.80. The van der Waals surface area contributed by atoms with E-state index >= 15 is 0 Å². The van der Waals surface area contributed by atoms with E-state index in [2.05, 4.69) is 15.5 Å². The van der Waals surface area contributed by atoms with E-state index in [1.807, 2.05) is 6.92 Å². The van der Waals surface area contributed by atoms with Crippen LogP contribution in [0, 0.1) is 5.82 Å². The number of rotatable bonds is 8. The highest BCUT2D eigenvalue weighted by Gasteiger charge is 2.30. The van der Waals surface area contributed by atoms with Crippen LogP contribution in [0.4, 0.5) is 17.6 Å². The first-order valence-corrected chi connectivity index (χ1v) is 9.48. The van der Waals surface area contributed by atoms with Crippen LogP contribution < -0.4 is 5.32 Å². The van der Waals surface area contributed by atoms with Crippen molar-refractivity contribution >= 4 is 5.91 Å². The van der Waals surface area contributed by atoms with Crippen LogP contribution in [0.1, 0.15) is 23.9 Å². The molecule has 0 aliphatic rings. The lowest BCUT2D eigenvalue weighted by Crippen LogP contribution is -2.36. The molecule has 10 heteroatoms. The van der Waals surface area contributed by atoms with Crippen molar-refractivity contribution in [1.29, 1.82) is 0 Å². The number of benzene rings is 2. The van der Waals surface area contributed by atoms with E-state index in [4.69, 9.17) is 4.52 Å². The Morgan fingerprint density at radius 2 is 1.90 bits per heavy atom. The van der Waals surface area contributed by atoms with Gasteiger partial charge in [0.2, 0.25) is 17.6 Å². The number of halogens is 4. The number of nitrogens with zero attached hydrogens (tertiary/aromatic N) is 3. The number of likely N-dealkylation sites (N-methyl/N-ethyl adjacent to an activating group) is 1. The Labute approximate surface area is 175 Å². The van der Waals surface area contributed by atoms with E-state index in [0.29, 0.717) is 6.54 Å². The van der Waals surface area contributed by atoms with E-state index in [9.17, 15) is 22.4 Å². The summed E-state index contributed by atoms with van der Waals surface area (Å²) < 4.78 is 56.8. The maximum atomic E-state index is 12.9. The average Bonchev–Trinajstić information content (AvgIpc) is 3.21. The molecule has 0 radical (unpaired) electrons. The van der Waals surface area contributed by atoms with Crippen LogP contribution in [0.3, 0.4) is 0 Å². The van der Waals surface area contributed by atoms with Crippen LogP contribution >= 0.6 is 0 Å². The zero-order valence-corrected chi connectivity index (χ0v) is 16.6. The minimum atomic E-state index is -4.47. The second-order valence-electron chi connectivity index (χ2n) is 6.80. The number of hydrogen-bond donors (Lipinski definition) is 1. The number of carbonyl (C=O) groups excluding carboxylic acids is 1. The standard InChI is InChI=1S/C21H20F4N4O2/c1-2-29(12-18(30)26-11-14-6-8-17(22)9-7-14)13-19-27-20(28-31-19)15-4-3-5-16(10-15)21(23,24)25/h3-10H,2,11-13H2,1H3,(H,26,30). The summed E-state index contributed by atoms with van der Waals surface area (Å²) in [7, 11) is 0. The van der Waals surface area contributed by atoms with Crippen molar-refractivity contribution in [1.82, 2.24) is 20.4 Å². The summed E-state index contributed by atoms with van der Waals surface area (Å²) in [4.78, 5) is 18.1. The maximum Gasteiger partial charge on any atom is 0.416 e. The number of nitrogens with one attached hydrogen (secondary N) is 1. The van der Waals surface area contributed by atoms with Crippen molar-refractivity contribution in [2.24, 2.45) is 0 Å². The quantitative estimate of drug-likeness (QED) is 0.540. The molecule has 1 amide bonds. The van der Waals surface area contributed by atoms with Crippen molar-refractivity contribution in [3.05, 3.63) is 71.4 Å². The minimum absolute atomic E-state index is 0.0397. The highest BCUT2D eigenvalue weighted by Crippen LogP contribution is 2.31. The lowest BCUT2D eigenvalue weighted by atomic mass is 10.1. The van der Waals surface area contributed by atoms with Crippen LogP contribution in [0.25, 0.3) is 11.4 Å². The molecule has 1 N–H and O–H groups in total. The Morgan fingerprint density at radius 1 is 1.16 bits per heavy atom. The Morgan fingerprint density at radius 3 is 2.58 bits per heavy atom. The van der Waals surface area contributed by atoms with Crippen molar-refractivity contribution in [2.75, 3.05) is 13.1 Å². The number of carbonyl (C=O) groups is 1. The van der Waals surface area contributed by atoms with Gasteiger partial charge in [-0.15, -0.1) is 0 Å². The molecule has 164 valence electrons. The molecule has 2 aromatic carbocycles. The van der Waals surface area contributed by atoms with E-state index in [0.717, 1.165) is 17.7 Å². The normalized spacial score (nSPS) is 11.7. The van der Waals surface area contributed by atoms with Crippen LogP contribution in [0.2, 0.25) is 0 Å². The Hall–Kier alpha value is -3.27. The summed E-state index contributed by atoms with van der Waals surface area (Å²) in [6.45, 7) is 2.82. The van der Waals surface area contributed by atoms with Crippen molar-refractivity contribution in [2.45, 2.75) is 26.2 Å². The molecule has 3 rings (SSSR count). The molecular weight excluding hydrogens is 416 g/mol. The molecule has 0 fully saturated rings. The maximum absolute atomic E-state index is 12.9. The summed E-state index contributed by atoms with van der Waals surface area (Å²) in [6.07, 6.45) is -4.47. The number of alkyl halides is 3. The molecule has 0 saturated carbocycles. The van der Waals surface area contributed by atoms with Crippen molar-refractivity contribution in [3.8, 4) is 11.4 Å². The second kappa shape index (κ2) is 9.69. The Kier molecular flexibility index (Phi) is 7.01. The van der Waals surface area contributed by atoms with Gasteiger partial charge in [0, 0.05) is 12.1 Å². The molecule has 0 aliphatic carbocycles. The Bertz CT molecular complexity index is 1020. The van der Waals surface area contributed by atoms with Gasteiger partial charge in [0.25, 0.3) is 0 Å². The molecule has 0 bridgehead atoms. The number of hydrogen-bond acceptors (Lipinski definition) is 5. The van der Waals surface area contributed by atoms with Gasteiger partial charge in [0.1, 0.15) is 5.82 Å². The van der Waals surface area contributed by atoms with E-state index in [1.54, 1.807) is 17.0 Å². The van der Waals surface area contributed by atoms with Crippen LogP contribution in [0.5, 0.6) is 0 Å². The SMILES string of the molecule is CCN(CC(=O)NCc1ccc(F)cc1)Cc1nc(-c2cccc(C(F)(F)F)c2)no1. The summed E-state index contributed by atoms with van der Waals surface area (Å²) in [5.74, 6) is -0.376. The molecule has 1 aromatic heterocycles. The molecule has 0 aliphatic heterocycles. The third kappa shape index (κ3) is 6.35. The average molecular weight is 436 g/mol. The van der Waals surface area contributed by atoms with E-state index < -0.39 is 11.7 Å². The highest BCUT2D eigenvalue weighted by molar-refractivity contribution is 5.78. The highest BCUT2D eigenvalue weighted by atomic mass is 19.4. The monoisotopic (exact) mass is 436 g/mol. The second-order valence-corrected chi connectivity index (χ2v) is 6.80. The fraction of sp³-hybridized carbons (Fsp3) is 0.286. The van der Waals surface area contributed by atoms with Gasteiger partial charge in [-0.1, -0.05) is 36.3 Å². The first kappa shape index (κ1) is 22.4. The molecule has 0 atom stereocenters. The molecule has 0 saturated heterocycles.